The zero-order valence-electron chi connectivity index (χ0n) is 13.2. The number of nitrogens with one attached hydrogen (secondary N) is 1. The van der Waals surface area contributed by atoms with Gasteiger partial charge in [-0.3, -0.25) is 4.79 Å². The molecule has 1 amide bonds. The Kier molecular flexibility index (Phi) is 4.02. The van der Waals surface area contributed by atoms with Crippen LogP contribution in [-0.2, 0) is 9.53 Å². The van der Waals surface area contributed by atoms with Crippen LogP contribution in [-0.4, -0.2) is 29.1 Å². The van der Waals surface area contributed by atoms with Crippen molar-refractivity contribution in [3.8, 4) is 0 Å². The van der Waals surface area contributed by atoms with Gasteiger partial charge >= 0.3 is 0 Å². The van der Waals surface area contributed by atoms with Crippen molar-refractivity contribution in [3.05, 3.63) is 23.5 Å². The molecule has 2 aliphatic rings. The molecule has 0 unspecified atom stereocenters. The summed E-state index contributed by atoms with van der Waals surface area (Å²) in [7, 11) is 0. The average Bonchev–Trinajstić information content (AvgIpc) is 3.36. The van der Waals surface area contributed by atoms with Crippen molar-refractivity contribution in [3.63, 3.8) is 0 Å². The molecule has 3 heterocycles. The SMILES string of the molecule is Nc1nc(Cl)cc2cc(NC(=O)[C@H]3C[C@@H]3C3CCOCC3)ncc12. The van der Waals surface area contributed by atoms with E-state index in [1.807, 2.05) is 0 Å². The number of pyridine rings is 2. The van der Waals surface area contributed by atoms with Gasteiger partial charge in [-0.2, -0.15) is 0 Å². The molecule has 2 aromatic rings. The molecule has 2 atom stereocenters. The topological polar surface area (TPSA) is 90.1 Å². The molecule has 1 saturated heterocycles. The Balaban J connectivity index is 1.45. The largest absolute Gasteiger partial charge is 0.383 e. The van der Waals surface area contributed by atoms with Crippen LogP contribution in [0.1, 0.15) is 19.3 Å². The van der Waals surface area contributed by atoms with Gasteiger partial charge in [0.25, 0.3) is 0 Å². The van der Waals surface area contributed by atoms with Gasteiger partial charge in [0.1, 0.15) is 16.8 Å². The summed E-state index contributed by atoms with van der Waals surface area (Å²) in [6.45, 7) is 1.63. The number of rotatable bonds is 3. The first-order valence-corrected chi connectivity index (χ1v) is 8.60. The second kappa shape index (κ2) is 6.18. The van der Waals surface area contributed by atoms with Crippen LogP contribution in [0.2, 0.25) is 5.15 Å². The van der Waals surface area contributed by atoms with Crippen molar-refractivity contribution in [2.75, 3.05) is 24.3 Å². The van der Waals surface area contributed by atoms with E-state index in [9.17, 15) is 4.79 Å². The van der Waals surface area contributed by atoms with E-state index in [2.05, 4.69) is 15.3 Å². The Hall–Kier alpha value is -1.92. The monoisotopic (exact) mass is 346 g/mol. The van der Waals surface area contributed by atoms with E-state index >= 15 is 0 Å². The third-order valence-electron chi connectivity index (χ3n) is 5.01. The lowest BCUT2D eigenvalue weighted by atomic mass is 9.93. The number of anilines is 2. The lowest BCUT2D eigenvalue weighted by Crippen LogP contribution is -2.21. The fourth-order valence-electron chi connectivity index (χ4n) is 3.61. The van der Waals surface area contributed by atoms with E-state index < -0.39 is 0 Å². The molecule has 0 aromatic carbocycles. The molecule has 2 aromatic heterocycles. The number of amides is 1. The number of fused-ring (bicyclic) bond motifs is 1. The van der Waals surface area contributed by atoms with Gasteiger partial charge in [0.2, 0.25) is 5.91 Å². The number of carbonyl (C=O) groups excluding carboxylic acids is 1. The zero-order valence-corrected chi connectivity index (χ0v) is 13.9. The molecular weight excluding hydrogens is 328 g/mol. The number of carbonyl (C=O) groups is 1. The first-order valence-electron chi connectivity index (χ1n) is 8.22. The van der Waals surface area contributed by atoms with Gasteiger partial charge in [0.05, 0.1) is 0 Å². The molecule has 0 bridgehead atoms. The molecule has 2 fully saturated rings. The van der Waals surface area contributed by atoms with Gasteiger partial charge in [0.15, 0.2) is 0 Å². The summed E-state index contributed by atoms with van der Waals surface area (Å²) in [6, 6.07) is 3.50. The van der Waals surface area contributed by atoms with E-state index in [0.717, 1.165) is 43.2 Å². The minimum absolute atomic E-state index is 0.0477. The number of hydrogen-bond acceptors (Lipinski definition) is 5. The van der Waals surface area contributed by atoms with Gasteiger partial charge in [-0.05, 0) is 48.6 Å². The lowest BCUT2D eigenvalue weighted by molar-refractivity contribution is -0.117. The van der Waals surface area contributed by atoms with Crippen LogP contribution >= 0.6 is 11.6 Å². The van der Waals surface area contributed by atoms with Crippen LogP contribution in [0.5, 0.6) is 0 Å². The Morgan fingerprint density at radius 1 is 1.33 bits per heavy atom. The number of nitrogen functional groups attached to an aromatic ring is 1. The van der Waals surface area contributed by atoms with Crippen LogP contribution in [0.25, 0.3) is 10.8 Å². The van der Waals surface area contributed by atoms with E-state index in [1.165, 1.54) is 0 Å². The summed E-state index contributed by atoms with van der Waals surface area (Å²) in [4.78, 5) is 20.7. The number of nitrogens with two attached hydrogens (primary N) is 1. The Morgan fingerprint density at radius 2 is 2.12 bits per heavy atom. The maximum absolute atomic E-state index is 12.5. The molecule has 0 spiro atoms. The fraction of sp³-hybridized carbons (Fsp3) is 0.471. The molecule has 3 N–H and O–H groups in total. The van der Waals surface area contributed by atoms with Crippen molar-refractivity contribution in [2.24, 2.45) is 17.8 Å². The number of ether oxygens (including phenoxy) is 1. The standard InChI is InChI=1S/C17H19ClN4O2/c18-14-5-10-6-15(20-8-13(10)16(19)21-14)22-17(23)12-7-11(12)9-1-3-24-4-2-9/h5-6,8-9,11-12H,1-4,7H2,(H2,19,21)(H,20,22,23)/t11-,12+/m1/s1. The van der Waals surface area contributed by atoms with Gasteiger partial charge in [-0.1, -0.05) is 11.6 Å². The second-order valence-electron chi connectivity index (χ2n) is 6.57. The maximum atomic E-state index is 12.5. The average molecular weight is 347 g/mol. The summed E-state index contributed by atoms with van der Waals surface area (Å²) in [5.74, 6) is 2.10. The van der Waals surface area contributed by atoms with Crippen LogP contribution in [0.15, 0.2) is 18.3 Å². The highest BCUT2D eigenvalue weighted by Gasteiger charge is 2.47. The number of aromatic nitrogens is 2. The maximum Gasteiger partial charge on any atom is 0.228 e. The second-order valence-corrected chi connectivity index (χ2v) is 6.95. The molecule has 1 aliphatic carbocycles. The molecule has 1 saturated carbocycles. The normalized spacial score (nSPS) is 24.0. The lowest BCUT2D eigenvalue weighted by Gasteiger charge is -2.21. The summed E-state index contributed by atoms with van der Waals surface area (Å²) in [5.41, 5.74) is 5.83. The first-order chi connectivity index (χ1) is 11.6. The Bertz CT molecular complexity index is 791. The molecule has 6 nitrogen and oxygen atoms in total. The highest BCUT2D eigenvalue weighted by atomic mass is 35.5. The van der Waals surface area contributed by atoms with E-state index in [-0.39, 0.29) is 11.8 Å². The van der Waals surface area contributed by atoms with Crippen molar-refractivity contribution in [2.45, 2.75) is 19.3 Å². The molecule has 0 radical (unpaired) electrons. The zero-order chi connectivity index (χ0) is 16.7. The Morgan fingerprint density at radius 3 is 2.92 bits per heavy atom. The number of halogens is 1. The van der Waals surface area contributed by atoms with E-state index in [0.29, 0.717) is 28.6 Å². The summed E-state index contributed by atoms with van der Waals surface area (Å²) >= 11 is 5.94. The van der Waals surface area contributed by atoms with Gasteiger partial charge < -0.3 is 15.8 Å². The van der Waals surface area contributed by atoms with Crippen molar-refractivity contribution < 1.29 is 9.53 Å². The van der Waals surface area contributed by atoms with Crippen LogP contribution < -0.4 is 11.1 Å². The number of hydrogen-bond donors (Lipinski definition) is 2. The van der Waals surface area contributed by atoms with Crippen LogP contribution in [0.4, 0.5) is 11.6 Å². The number of nitrogens with zero attached hydrogens (tertiary/aromatic N) is 2. The highest BCUT2D eigenvalue weighted by Crippen LogP contribution is 2.48. The third-order valence-corrected chi connectivity index (χ3v) is 5.21. The van der Waals surface area contributed by atoms with Crippen molar-refractivity contribution >= 4 is 39.9 Å². The molecular formula is C17H19ClN4O2. The van der Waals surface area contributed by atoms with Crippen LogP contribution in [0, 0.1) is 17.8 Å². The fourth-order valence-corrected chi connectivity index (χ4v) is 3.82. The quantitative estimate of drug-likeness (QED) is 0.834. The highest BCUT2D eigenvalue weighted by molar-refractivity contribution is 6.30. The first kappa shape index (κ1) is 15.6. The van der Waals surface area contributed by atoms with Gasteiger partial charge in [0, 0.05) is 30.7 Å². The predicted octanol–water partition coefficient (Wildman–Crippen LogP) is 2.87. The van der Waals surface area contributed by atoms with Crippen molar-refractivity contribution in [1.29, 1.82) is 0 Å². The predicted molar refractivity (Wildman–Crippen MR) is 92.7 cm³/mol. The minimum atomic E-state index is 0.0477. The Labute approximate surface area is 144 Å². The van der Waals surface area contributed by atoms with Gasteiger partial charge in [-0.25, -0.2) is 9.97 Å². The summed E-state index contributed by atoms with van der Waals surface area (Å²) in [5, 5.41) is 4.78. The summed E-state index contributed by atoms with van der Waals surface area (Å²) in [6.07, 6.45) is 4.71. The third kappa shape index (κ3) is 3.03. The van der Waals surface area contributed by atoms with E-state index in [4.69, 9.17) is 22.1 Å². The van der Waals surface area contributed by atoms with Crippen LogP contribution in [0.3, 0.4) is 0 Å². The van der Waals surface area contributed by atoms with Crippen molar-refractivity contribution in [1.82, 2.24) is 9.97 Å². The molecule has 7 heteroatoms. The molecule has 1 aliphatic heterocycles. The summed E-state index contributed by atoms with van der Waals surface area (Å²) < 4.78 is 5.39. The smallest absolute Gasteiger partial charge is 0.228 e. The molecule has 126 valence electrons. The minimum Gasteiger partial charge on any atom is -0.383 e. The molecule has 4 rings (SSSR count). The van der Waals surface area contributed by atoms with E-state index in [1.54, 1.807) is 18.3 Å². The molecule has 24 heavy (non-hydrogen) atoms. The van der Waals surface area contributed by atoms with Gasteiger partial charge in [-0.15, -0.1) is 0 Å².